The highest BCUT2D eigenvalue weighted by atomic mass is 16.6. The number of hydrogen-bond donors (Lipinski definition) is 2. The molecule has 2 aromatic rings. The number of ether oxygens (including phenoxy) is 2. The molecule has 2 aromatic carbocycles. The second-order valence-electron chi connectivity index (χ2n) is 13.3. The van der Waals surface area contributed by atoms with Gasteiger partial charge >= 0.3 is 12.1 Å². The number of amides is 1. The van der Waals surface area contributed by atoms with Gasteiger partial charge < -0.3 is 20.1 Å². The van der Waals surface area contributed by atoms with Gasteiger partial charge in [0.15, 0.2) is 0 Å². The van der Waals surface area contributed by atoms with Gasteiger partial charge in [0.05, 0.1) is 7.11 Å². The molecule has 1 fully saturated rings. The molecule has 0 spiro atoms. The van der Waals surface area contributed by atoms with E-state index in [0.717, 1.165) is 0 Å². The van der Waals surface area contributed by atoms with Crippen LogP contribution in [0, 0.1) is 5.92 Å². The Hall–Kier alpha value is -2.86. The van der Waals surface area contributed by atoms with Crippen LogP contribution in [0.15, 0.2) is 48.5 Å². The SMILES string of the molecule is COC(=O)[C@H](CC(C)C)NC(=O)O[C@H]1CNC(C(c2ccc(C(C)(C)C)cc2)c2ccc(C(C)(C)C)cc2)C1. The number of nitrogens with one attached hydrogen (secondary N) is 2. The molecule has 0 saturated carbocycles. The number of methoxy groups -OCH3 is 1. The second-order valence-corrected chi connectivity index (χ2v) is 13.3. The summed E-state index contributed by atoms with van der Waals surface area (Å²) in [7, 11) is 1.33. The molecule has 2 N–H and O–H groups in total. The molecule has 3 atom stereocenters. The van der Waals surface area contributed by atoms with Crippen LogP contribution >= 0.6 is 0 Å². The van der Waals surface area contributed by atoms with E-state index < -0.39 is 18.1 Å². The molecule has 1 aliphatic rings. The molecule has 0 aromatic heterocycles. The van der Waals surface area contributed by atoms with Gasteiger partial charge in [0.1, 0.15) is 12.1 Å². The first-order valence-corrected chi connectivity index (χ1v) is 14.2. The molecule has 0 radical (unpaired) electrons. The third-order valence-electron chi connectivity index (χ3n) is 7.56. The van der Waals surface area contributed by atoms with Gasteiger partial charge in [0.2, 0.25) is 0 Å². The molecule has 214 valence electrons. The summed E-state index contributed by atoms with van der Waals surface area (Å²) in [5.41, 5.74) is 5.22. The van der Waals surface area contributed by atoms with Crippen LogP contribution in [0.1, 0.15) is 96.4 Å². The topological polar surface area (TPSA) is 76.7 Å². The lowest BCUT2D eigenvalue weighted by Crippen LogP contribution is -2.43. The minimum Gasteiger partial charge on any atom is -0.467 e. The number of carbonyl (C=O) groups is 2. The summed E-state index contributed by atoms with van der Waals surface area (Å²) in [4.78, 5) is 24.9. The van der Waals surface area contributed by atoms with Crippen LogP contribution in [-0.2, 0) is 25.1 Å². The lowest BCUT2D eigenvalue weighted by Gasteiger charge is -2.27. The standard InChI is InChI=1S/C33H48N2O4/c1-21(2)18-28(30(36)38-9)35-31(37)39-26-19-27(34-20-26)29(22-10-14-24(15-11-22)32(3,4)5)23-12-16-25(17-13-23)33(6,7)8/h10-17,21,26-29,34H,18-20H2,1-9H3,(H,35,37)/t26-,27?,28+/m1/s1. The molecule has 0 bridgehead atoms. The van der Waals surface area contributed by atoms with E-state index in [1.54, 1.807) is 0 Å². The van der Waals surface area contributed by atoms with Gasteiger partial charge in [-0.25, -0.2) is 9.59 Å². The maximum atomic E-state index is 12.7. The molecule has 3 rings (SSSR count). The summed E-state index contributed by atoms with van der Waals surface area (Å²) in [6.45, 7) is 17.9. The predicted octanol–water partition coefficient (Wildman–Crippen LogP) is 6.46. The second kappa shape index (κ2) is 12.5. The quantitative estimate of drug-likeness (QED) is 0.379. The minimum atomic E-state index is -0.719. The number of carbonyl (C=O) groups excluding carboxylic acids is 2. The highest BCUT2D eigenvalue weighted by molar-refractivity contribution is 5.81. The first-order chi connectivity index (χ1) is 18.2. The van der Waals surface area contributed by atoms with E-state index >= 15 is 0 Å². The van der Waals surface area contributed by atoms with Gasteiger partial charge in [-0.15, -0.1) is 0 Å². The lowest BCUT2D eigenvalue weighted by atomic mass is 9.80. The van der Waals surface area contributed by atoms with Gasteiger partial charge in [0, 0.05) is 24.9 Å². The zero-order valence-corrected chi connectivity index (χ0v) is 25.3. The number of rotatable bonds is 8. The average Bonchev–Trinajstić information content (AvgIpc) is 3.30. The molecule has 1 aliphatic heterocycles. The number of esters is 1. The van der Waals surface area contributed by atoms with E-state index in [0.29, 0.717) is 19.4 Å². The van der Waals surface area contributed by atoms with Crippen LogP contribution in [0.2, 0.25) is 0 Å². The number of benzene rings is 2. The largest absolute Gasteiger partial charge is 0.467 e. The van der Waals surface area contributed by atoms with Gasteiger partial charge in [0.25, 0.3) is 0 Å². The van der Waals surface area contributed by atoms with Gasteiger partial charge in [-0.3, -0.25) is 0 Å². The van der Waals surface area contributed by atoms with E-state index in [1.807, 2.05) is 13.8 Å². The van der Waals surface area contributed by atoms with Crippen molar-refractivity contribution in [2.45, 2.75) is 103 Å². The Bertz CT molecular complexity index is 1040. The normalized spacial score (nSPS) is 18.7. The highest BCUT2D eigenvalue weighted by Crippen LogP contribution is 2.35. The predicted molar refractivity (Wildman–Crippen MR) is 157 cm³/mol. The van der Waals surface area contributed by atoms with Crippen LogP contribution in [0.5, 0.6) is 0 Å². The van der Waals surface area contributed by atoms with Crippen molar-refractivity contribution in [2.24, 2.45) is 5.92 Å². The first-order valence-electron chi connectivity index (χ1n) is 14.2. The van der Waals surface area contributed by atoms with Crippen molar-refractivity contribution in [2.75, 3.05) is 13.7 Å². The van der Waals surface area contributed by atoms with E-state index in [2.05, 4.69) is 101 Å². The molecule has 1 amide bonds. The summed E-state index contributed by atoms with van der Waals surface area (Å²) >= 11 is 0. The average molecular weight is 537 g/mol. The third kappa shape index (κ3) is 8.31. The zero-order chi connectivity index (χ0) is 29.0. The van der Waals surface area contributed by atoms with Crippen LogP contribution in [-0.4, -0.2) is 43.9 Å². The van der Waals surface area contributed by atoms with Crippen molar-refractivity contribution < 1.29 is 19.1 Å². The Balaban J connectivity index is 1.80. The Labute approximate surface area is 235 Å². The van der Waals surface area contributed by atoms with E-state index in [1.165, 1.54) is 29.4 Å². The molecule has 0 aliphatic carbocycles. The van der Waals surface area contributed by atoms with E-state index in [9.17, 15) is 9.59 Å². The van der Waals surface area contributed by atoms with Gasteiger partial charge in [-0.1, -0.05) is 104 Å². The molecule has 6 nitrogen and oxygen atoms in total. The Kier molecular flexibility index (Phi) is 9.87. The van der Waals surface area contributed by atoms with Crippen LogP contribution in [0.3, 0.4) is 0 Å². The fraction of sp³-hybridized carbons (Fsp3) is 0.576. The van der Waals surface area contributed by atoms with Crippen molar-refractivity contribution in [1.29, 1.82) is 0 Å². The van der Waals surface area contributed by atoms with Crippen LogP contribution in [0.25, 0.3) is 0 Å². The molecule has 6 heteroatoms. The van der Waals surface area contributed by atoms with Crippen LogP contribution in [0.4, 0.5) is 4.79 Å². The molecule has 39 heavy (non-hydrogen) atoms. The Morgan fingerprint density at radius 3 is 1.79 bits per heavy atom. The molecule has 1 heterocycles. The van der Waals surface area contributed by atoms with Crippen molar-refractivity contribution in [1.82, 2.24) is 10.6 Å². The van der Waals surface area contributed by atoms with Crippen molar-refractivity contribution in [3.8, 4) is 0 Å². The number of alkyl carbamates (subject to hydrolysis) is 1. The highest BCUT2D eigenvalue weighted by Gasteiger charge is 2.35. The monoisotopic (exact) mass is 536 g/mol. The van der Waals surface area contributed by atoms with E-state index in [4.69, 9.17) is 9.47 Å². The summed E-state index contributed by atoms with van der Waals surface area (Å²) < 4.78 is 10.6. The molecule has 1 saturated heterocycles. The van der Waals surface area contributed by atoms with Crippen molar-refractivity contribution in [3.05, 3.63) is 70.8 Å². The molecular formula is C33H48N2O4. The van der Waals surface area contributed by atoms with E-state index in [-0.39, 0.29) is 34.8 Å². The fourth-order valence-corrected chi connectivity index (χ4v) is 5.27. The van der Waals surface area contributed by atoms with Crippen LogP contribution < -0.4 is 10.6 Å². The Morgan fingerprint density at radius 2 is 1.38 bits per heavy atom. The summed E-state index contributed by atoms with van der Waals surface area (Å²) in [6.07, 6.45) is 0.286. The number of hydrogen-bond acceptors (Lipinski definition) is 5. The van der Waals surface area contributed by atoms with Gasteiger partial charge in [-0.05, 0) is 45.4 Å². The summed E-state index contributed by atoms with van der Waals surface area (Å²) in [5.74, 6) is -0.129. The maximum absolute atomic E-state index is 12.7. The zero-order valence-electron chi connectivity index (χ0n) is 25.3. The van der Waals surface area contributed by atoms with Crippen molar-refractivity contribution in [3.63, 3.8) is 0 Å². The maximum Gasteiger partial charge on any atom is 0.408 e. The van der Waals surface area contributed by atoms with Gasteiger partial charge in [-0.2, -0.15) is 0 Å². The third-order valence-corrected chi connectivity index (χ3v) is 7.56. The lowest BCUT2D eigenvalue weighted by molar-refractivity contribution is -0.143. The first kappa shape index (κ1) is 30.7. The Morgan fingerprint density at radius 1 is 0.897 bits per heavy atom. The fourth-order valence-electron chi connectivity index (χ4n) is 5.27. The molecule has 1 unspecified atom stereocenters. The van der Waals surface area contributed by atoms with Crippen molar-refractivity contribution >= 4 is 12.1 Å². The molecular weight excluding hydrogens is 488 g/mol. The smallest absolute Gasteiger partial charge is 0.408 e. The summed E-state index contributed by atoms with van der Waals surface area (Å²) in [6, 6.07) is 17.2. The minimum absolute atomic E-state index is 0.0813. The summed E-state index contributed by atoms with van der Waals surface area (Å²) in [5, 5.41) is 6.33.